The predicted octanol–water partition coefficient (Wildman–Crippen LogP) is 6.70. The highest BCUT2D eigenvalue weighted by Crippen LogP contribution is 2.44. The number of alkyl halides is 6. The minimum atomic E-state index is -4.70. The van der Waals surface area contributed by atoms with E-state index in [-0.39, 0.29) is 48.8 Å². The van der Waals surface area contributed by atoms with Crippen molar-refractivity contribution in [2.24, 2.45) is 11.8 Å². The number of nitrogens with one attached hydrogen (secondary N) is 1. The van der Waals surface area contributed by atoms with Gasteiger partial charge < -0.3 is 15.2 Å². The number of rotatable bonds is 6. The number of carbonyl (C=O) groups is 1. The molecule has 2 N–H and O–H groups in total. The summed E-state index contributed by atoms with van der Waals surface area (Å²) in [5.74, 6) is -2.99. The Bertz CT molecular complexity index is 1060. The number of halogens is 6. The van der Waals surface area contributed by atoms with Gasteiger partial charge in [0.2, 0.25) is 0 Å². The first-order valence-corrected chi connectivity index (χ1v) is 11.7. The van der Waals surface area contributed by atoms with Crippen molar-refractivity contribution in [1.82, 2.24) is 5.32 Å². The number of aliphatic carboxylic acids is 1. The number of hydrogen-bond acceptors (Lipinski definition) is 3. The lowest BCUT2D eigenvalue weighted by Gasteiger charge is -2.31. The van der Waals surface area contributed by atoms with Gasteiger partial charge in [0.15, 0.2) is 0 Å². The first kappa shape index (κ1) is 25.6. The molecule has 10 heteroatoms. The average molecular weight is 503 g/mol. The van der Waals surface area contributed by atoms with E-state index in [1.54, 1.807) is 12.1 Å². The summed E-state index contributed by atoms with van der Waals surface area (Å²) >= 11 is 0. The van der Waals surface area contributed by atoms with Crippen molar-refractivity contribution in [3.63, 3.8) is 0 Å². The summed E-state index contributed by atoms with van der Waals surface area (Å²) in [5, 5.41) is 12.7. The molecule has 35 heavy (non-hydrogen) atoms. The van der Waals surface area contributed by atoms with Crippen LogP contribution in [0.15, 0.2) is 30.3 Å². The standard InChI is InChI=1S/C25H27F6NO3/c26-24(27,28)17-4-7-19(8-5-17)35-21-10-3-15-11-14(1-9-20(15)22(21)25(29,30)31)13-32-18-6-2-16(12-18)23(33)34/h1,3,9-11,16-19,32H,2,4-8,12-13H2,(H,33,34)/t16-,17?,18+,19?/m0/s1. The van der Waals surface area contributed by atoms with Crippen molar-refractivity contribution in [1.29, 1.82) is 0 Å². The van der Waals surface area contributed by atoms with Gasteiger partial charge in [-0.05, 0) is 73.4 Å². The van der Waals surface area contributed by atoms with Crippen molar-refractivity contribution in [2.75, 3.05) is 0 Å². The third-order valence-electron chi connectivity index (χ3n) is 7.14. The smallest absolute Gasteiger partial charge is 0.420 e. The molecule has 4 rings (SSSR count). The molecule has 0 saturated heterocycles. The SMILES string of the molecule is O=C(O)[C@H]1CC[C@@H](NCc2ccc3c(C(F)(F)F)c(OC4CCC(C(F)(F)F)CC4)ccc3c2)C1. The molecule has 0 bridgehead atoms. The summed E-state index contributed by atoms with van der Waals surface area (Å²) in [7, 11) is 0. The molecule has 2 fully saturated rings. The number of carboxylic acids is 1. The third-order valence-corrected chi connectivity index (χ3v) is 7.14. The maximum atomic E-state index is 14.0. The zero-order chi connectivity index (χ0) is 25.4. The fraction of sp³-hybridized carbons (Fsp3) is 0.560. The van der Waals surface area contributed by atoms with Crippen LogP contribution in [0.1, 0.15) is 56.1 Å². The summed E-state index contributed by atoms with van der Waals surface area (Å²) in [4.78, 5) is 11.1. The lowest BCUT2D eigenvalue weighted by atomic mass is 9.87. The molecule has 4 nitrogen and oxygen atoms in total. The predicted molar refractivity (Wildman–Crippen MR) is 117 cm³/mol. The Morgan fingerprint density at radius 1 is 0.971 bits per heavy atom. The number of benzene rings is 2. The van der Waals surface area contributed by atoms with Crippen molar-refractivity contribution < 1.29 is 41.0 Å². The molecule has 0 unspecified atom stereocenters. The maximum Gasteiger partial charge on any atom is 0.420 e. The molecule has 0 amide bonds. The number of fused-ring (bicyclic) bond motifs is 1. The Labute approximate surface area is 198 Å². The molecule has 2 atom stereocenters. The van der Waals surface area contributed by atoms with Crippen LogP contribution in [0.4, 0.5) is 26.3 Å². The zero-order valence-corrected chi connectivity index (χ0v) is 18.9. The van der Waals surface area contributed by atoms with Crippen molar-refractivity contribution in [3.8, 4) is 5.75 Å². The first-order chi connectivity index (χ1) is 16.4. The molecule has 0 aromatic heterocycles. The number of ether oxygens (including phenoxy) is 1. The van der Waals surface area contributed by atoms with Crippen LogP contribution in [0.2, 0.25) is 0 Å². The molecular weight excluding hydrogens is 476 g/mol. The molecule has 2 aromatic rings. The molecule has 0 spiro atoms. The van der Waals surface area contributed by atoms with Crippen LogP contribution < -0.4 is 10.1 Å². The monoisotopic (exact) mass is 503 g/mol. The molecule has 0 radical (unpaired) electrons. The molecule has 0 heterocycles. The van der Waals surface area contributed by atoms with E-state index in [9.17, 15) is 31.1 Å². The van der Waals surface area contributed by atoms with Gasteiger partial charge in [-0.15, -0.1) is 0 Å². The molecule has 2 saturated carbocycles. The second-order valence-corrected chi connectivity index (χ2v) is 9.55. The Morgan fingerprint density at radius 2 is 1.69 bits per heavy atom. The average Bonchev–Trinajstić information content (AvgIpc) is 3.26. The highest BCUT2D eigenvalue weighted by Gasteiger charge is 2.42. The van der Waals surface area contributed by atoms with E-state index >= 15 is 0 Å². The fourth-order valence-electron chi connectivity index (χ4n) is 5.20. The van der Waals surface area contributed by atoms with E-state index in [1.807, 2.05) is 0 Å². The second kappa shape index (κ2) is 9.87. The minimum absolute atomic E-state index is 0.0328. The maximum absolute atomic E-state index is 14.0. The van der Waals surface area contributed by atoms with Crippen molar-refractivity contribution in [2.45, 2.75) is 76.0 Å². The summed E-state index contributed by atoms with van der Waals surface area (Å²) in [5.41, 5.74) is -0.156. The van der Waals surface area contributed by atoms with Gasteiger partial charge in [0, 0.05) is 12.6 Å². The van der Waals surface area contributed by atoms with Gasteiger partial charge in [0.25, 0.3) is 0 Å². The topological polar surface area (TPSA) is 58.6 Å². The van der Waals surface area contributed by atoms with Crippen LogP contribution in [-0.4, -0.2) is 29.4 Å². The number of carboxylic acid groups (broad SMARTS) is 1. The van der Waals surface area contributed by atoms with E-state index in [4.69, 9.17) is 9.84 Å². The van der Waals surface area contributed by atoms with E-state index in [0.29, 0.717) is 24.8 Å². The first-order valence-electron chi connectivity index (χ1n) is 11.7. The Balaban J connectivity index is 1.48. The highest BCUT2D eigenvalue weighted by molar-refractivity contribution is 5.89. The van der Waals surface area contributed by atoms with Gasteiger partial charge in [0.05, 0.1) is 17.9 Å². The summed E-state index contributed by atoms with van der Waals surface area (Å²) in [6.45, 7) is 0.398. The third kappa shape index (κ3) is 6.02. The van der Waals surface area contributed by atoms with Gasteiger partial charge in [-0.1, -0.05) is 18.2 Å². The molecule has 192 valence electrons. The van der Waals surface area contributed by atoms with Gasteiger partial charge >= 0.3 is 18.3 Å². The number of hydrogen-bond donors (Lipinski definition) is 2. The molecule has 2 aromatic carbocycles. The second-order valence-electron chi connectivity index (χ2n) is 9.55. The Hall–Kier alpha value is -2.49. The minimum Gasteiger partial charge on any atom is -0.490 e. The quantitative estimate of drug-likeness (QED) is 0.431. The molecule has 2 aliphatic carbocycles. The van der Waals surface area contributed by atoms with Gasteiger partial charge in [-0.3, -0.25) is 4.79 Å². The van der Waals surface area contributed by atoms with Crippen LogP contribution in [0, 0.1) is 11.8 Å². The summed E-state index contributed by atoms with van der Waals surface area (Å²) in [6.07, 6.45) is -8.07. The van der Waals surface area contributed by atoms with E-state index in [0.717, 1.165) is 12.0 Å². The van der Waals surface area contributed by atoms with Crippen LogP contribution in [0.25, 0.3) is 10.8 Å². The van der Waals surface area contributed by atoms with Crippen molar-refractivity contribution in [3.05, 3.63) is 41.5 Å². The van der Waals surface area contributed by atoms with E-state index in [1.165, 1.54) is 18.2 Å². The Kier molecular flexibility index (Phi) is 7.22. The van der Waals surface area contributed by atoms with Gasteiger partial charge in [-0.2, -0.15) is 26.3 Å². The highest BCUT2D eigenvalue weighted by atomic mass is 19.4. The van der Waals surface area contributed by atoms with Gasteiger partial charge in [-0.25, -0.2) is 0 Å². The van der Waals surface area contributed by atoms with Crippen LogP contribution in [-0.2, 0) is 17.5 Å². The summed E-state index contributed by atoms with van der Waals surface area (Å²) in [6, 6.07) is 7.44. The lowest BCUT2D eigenvalue weighted by molar-refractivity contribution is -0.185. The van der Waals surface area contributed by atoms with Crippen LogP contribution >= 0.6 is 0 Å². The van der Waals surface area contributed by atoms with E-state index in [2.05, 4.69) is 5.32 Å². The molecular formula is C25H27F6NO3. The van der Waals surface area contributed by atoms with Crippen LogP contribution in [0.3, 0.4) is 0 Å². The zero-order valence-electron chi connectivity index (χ0n) is 18.9. The molecule has 0 aliphatic heterocycles. The van der Waals surface area contributed by atoms with Gasteiger partial charge in [0.1, 0.15) is 11.3 Å². The molecule has 2 aliphatic rings. The largest absolute Gasteiger partial charge is 0.490 e. The van der Waals surface area contributed by atoms with Crippen LogP contribution in [0.5, 0.6) is 5.75 Å². The van der Waals surface area contributed by atoms with E-state index < -0.39 is 35.9 Å². The Morgan fingerprint density at radius 3 is 2.29 bits per heavy atom. The lowest BCUT2D eigenvalue weighted by Crippen LogP contribution is -2.32. The van der Waals surface area contributed by atoms with Crippen molar-refractivity contribution >= 4 is 16.7 Å². The fourth-order valence-corrected chi connectivity index (χ4v) is 5.20. The normalized spacial score (nSPS) is 25.7. The summed E-state index contributed by atoms with van der Waals surface area (Å²) < 4.78 is 86.3.